The summed E-state index contributed by atoms with van der Waals surface area (Å²) < 4.78 is 26.6. The summed E-state index contributed by atoms with van der Waals surface area (Å²) in [6.45, 7) is 2.50. The predicted molar refractivity (Wildman–Crippen MR) is 113 cm³/mol. The molecule has 0 radical (unpaired) electrons. The molecule has 4 N–H and O–H groups in total. The number of halogens is 1. The Morgan fingerprint density at radius 2 is 1.84 bits per heavy atom. The summed E-state index contributed by atoms with van der Waals surface area (Å²) in [4.78, 5) is 4.36. The topological polar surface area (TPSA) is 96.6 Å². The molecular weight excluding hydrogens is 451 g/mol. The van der Waals surface area contributed by atoms with E-state index in [1.54, 1.807) is 30.3 Å². The van der Waals surface area contributed by atoms with Gasteiger partial charge in [-0.25, -0.2) is 13.1 Å². The molecule has 2 rings (SSSR count). The molecule has 2 aromatic carbocycles. The highest BCUT2D eigenvalue weighted by Crippen LogP contribution is 2.10. The second-order valence-corrected chi connectivity index (χ2v) is 6.92. The molecule has 0 spiro atoms. The smallest absolute Gasteiger partial charge is 0.240 e. The van der Waals surface area contributed by atoms with Crippen LogP contribution in [0.15, 0.2) is 64.5 Å². The van der Waals surface area contributed by atoms with Crippen LogP contribution in [0.4, 0.5) is 5.69 Å². The van der Waals surface area contributed by atoms with E-state index in [-0.39, 0.29) is 47.9 Å². The van der Waals surface area contributed by atoms with E-state index in [1.165, 1.54) is 5.56 Å². The van der Waals surface area contributed by atoms with Gasteiger partial charge in [-0.2, -0.15) is 0 Å². The number of guanidine groups is 1. The normalized spacial score (nSPS) is 11.6. The van der Waals surface area contributed by atoms with Gasteiger partial charge < -0.3 is 11.1 Å². The summed E-state index contributed by atoms with van der Waals surface area (Å²) in [6, 6.07) is 16.1. The van der Waals surface area contributed by atoms with Crippen LogP contribution in [0.5, 0.6) is 0 Å². The van der Waals surface area contributed by atoms with Gasteiger partial charge in [0.1, 0.15) is 0 Å². The molecule has 0 aliphatic heterocycles. The maximum atomic E-state index is 12.0. The number of nitrogens with one attached hydrogen (secondary N) is 2. The fraction of sp³-hybridized carbons (Fsp3) is 0.235. The molecule has 136 valence electrons. The van der Waals surface area contributed by atoms with Gasteiger partial charge in [-0.3, -0.25) is 4.99 Å². The second-order valence-electron chi connectivity index (χ2n) is 5.16. The number of hydrogen-bond acceptors (Lipinski definition) is 3. The maximum Gasteiger partial charge on any atom is 0.240 e. The average Bonchev–Trinajstić information content (AvgIpc) is 2.60. The van der Waals surface area contributed by atoms with Crippen molar-refractivity contribution >= 4 is 45.6 Å². The van der Waals surface area contributed by atoms with Crippen LogP contribution in [0, 0.1) is 0 Å². The zero-order valence-corrected chi connectivity index (χ0v) is 17.1. The van der Waals surface area contributed by atoms with Crippen molar-refractivity contribution in [1.82, 2.24) is 4.72 Å². The third-order valence-corrected chi connectivity index (χ3v) is 4.82. The van der Waals surface area contributed by atoms with Crippen LogP contribution in [-0.2, 0) is 16.4 Å². The first kappa shape index (κ1) is 21.4. The van der Waals surface area contributed by atoms with E-state index in [9.17, 15) is 8.42 Å². The number of benzene rings is 2. The van der Waals surface area contributed by atoms with Crippen molar-refractivity contribution in [1.29, 1.82) is 0 Å². The Hall–Kier alpha value is -1.65. The van der Waals surface area contributed by atoms with Gasteiger partial charge in [0.05, 0.1) is 11.4 Å². The van der Waals surface area contributed by atoms with Gasteiger partial charge in [-0.1, -0.05) is 37.3 Å². The van der Waals surface area contributed by atoms with Crippen molar-refractivity contribution in [3.63, 3.8) is 0 Å². The monoisotopic (exact) mass is 474 g/mol. The number of rotatable bonds is 7. The highest BCUT2D eigenvalue weighted by atomic mass is 127. The van der Waals surface area contributed by atoms with Crippen molar-refractivity contribution < 1.29 is 8.42 Å². The molecule has 0 saturated heterocycles. The first-order chi connectivity index (χ1) is 11.5. The lowest BCUT2D eigenvalue weighted by atomic mass is 10.1. The van der Waals surface area contributed by atoms with Crippen LogP contribution < -0.4 is 15.8 Å². The fourth-order valence-electron chi connectivity index (χ4n) is 2.10. The number of anilines is 1. The highest BCUT2D eigenvalue weighted by Gasteiger charge is 2.11. The number of nitrogens with two attached hydrogens (primary N) is 1. The number of hydrogen-bond donors (Lipinski definition) is 3. The zero-order valence-electron chi connectivity index (χ0n) is 14.0. The standard InChI is InChI=1S/C17H22N4O2S.HI/c1-2-14-7-6-8-15(13-14)21-17(18)19-11-12-20-24(22,23)16-9-4-3-5-10-16;/h3-10,13,20H,2,11-12H2,1H3,(H3,18,19,21);1H. The Bertz CT molecular complexity index is 795. The van der Waals surface area contributed by atoms with Gasteiger partial charge in [0, 0.05) is 12.2 Å². The van der Waals surface area contributed by atoms with Gasteiger partial charge in [-0.05, 0) is 36.2 Å². The quantitative estimate of drug-likeness (QED) is 0.249. The van der Waals surface area contributed by atoms with Crippen molar-refractivity contribution in [3.05, 3.63) is 60.2 Å². The molecule has 6 nitrogen and oxygen atoms in total. The van der Waals surface area contributed by atoms with E-state index in [4.69, 9.17) is 5.73 Å². The first-order valence-electron chi connectivity index (χ1n) is 7.72. The summed E-state index contributed by atoms with van der Waals surface area (Å²) in [5, 5.41) is 3.00. The Balaban J connectivity index is 0.00000312. The lowest BCUT2D eigenvalue weighted by molar-refractivity contribution is 0.582. The minimum absolute atomic E-state index is 0. The predicted octanol–water partition coefficient (Wildman–Crippen LogP) is 2.57. The van der Waals surface area contributed by atoms with E-state index in [2.05, 4.69) is 22.0 Å². The Morgan fingerprint density at radius 1 is 1.12 bits per heavy atom. The van der Waals surface area contributed by atoms with Gasteiger partial charge in [0.15, 0.2) is 5.96 Å². The number of aryl methyl sites for hydroxylation is 1. The molecule has 25 heavy (non-hydrogen) atoms. The van der Waals surface area contributed by atoms with E-state index >= 15 is 0 Å². The molecule has 0 aliphatic carbocycles. The number of nitrogens with zero attached hydrogens (tertiary/aromatic N) is 1. The van der Waals surface area contributed by atoms with Crippen LogP contribution in [0.25, 0.3) is 0 Å². The molecule has 0 amide bonds. The highest BCUT2D eigenvalue weighted by molar-refractivity contribution is 14.0. The third-order valence-electron chi connectivity index (χ3n) is 3.35. The molecule has 2 aromatic rings. The fourth-order valence-corrected chi connectivity index (χ4v) is 3.14. The van der Waals surface area contributed by atoms with Crippen LogP contribution >= 0.6 is 24.0 Å². The summed E-state index contributed by atoms with van der Waals surface area (Å²) >= 11 is 0. The van der Waals surface area contributed by atoms with E-state index < -0.39 is 10.0 Å². The van der Waals surface area contributed by atoms with Crippen molar-refractivity contribution in [3.8, 4) is 0 Å². The third kappa shape index (κ3) is 7.00. The number of aliphatic imine (C=N–C) groups is 1. The molecular formula is C17H23IN4O2S. The van der Waals surface area contributed by atoms with Gasteiger partial charge in [0.25, 0.3) is 0 Å². The molecule has 0 heterocycles. The second kappa shape index (κ2) is 10.4. The summed E-state index contributed by atoms with van der Waals surface area (Å²) in [7, 11) is -3.51. The van der Waals surface area contributed by atoms with E-state index in [0.717, 1.165) is 12.1 Å². The SMILES string of the molecule is CCc1cccc(NC(N)=NCCNS(=O)(=O)c2ccccc2)c1.I. The molecule has 0 aliphatic rings. The van der Waals surface area contributed by atoms with Crippen molar-refractivity contribution in [2.75, 3.05) is 18.4 Å². The molecule has 0 aromatic heterocycles. The lowest BCUT2D eigenvalue weighted by Gasteiger charge is -2.08. The van der Waals surface area contributed by atoms with Crippen molar-refractivity contribution in [2.45, 2.75) is 18.2 Å². The minimum Gasteiger partial charge on any atom is -0.370 e. The molecule has 0 bridgehead atoms. The lowest BCUT2D eigenvalue weighted by Crippen LogP contribution is -2.28. The van der Waals surface area contributed by atoms with Crippen molar-refractivity contribution in [2.24, 2.45) is 10.7 Å². The molecule has 8 heteroatoms. The Morgan fingerprint density at radius 3 is 2.52 bits per heavy atom. The summed E-state index contributed by atoms with van der Waals surface area (Å²) in [6.07, 6.45) is 0.938. The zero-order chi connectivity index (χ0) is 17.4. The van der Waals surface area contributed by atoms with Gasteiger partial charge >= 0.3 is 0 Å². The molecule has 0 saturated carbocycles. The van der Waals surface area contributed by atoms with E-state index in [1.807, 2.05) is 24.3 Å². The maximum absolute atomic E-state index is 12.0. The van der Waals surface area contributed by atoms with E-state index in [0.29, 0.717) is 0 Å². The van der Waals surface area contributed by atoms with Gasteiger partial charge in [-0.15, -0.1) is 24.0 Å². The average molecular weight is 474 g/mol. The minimum atomic E-state index is -3.51. The van der Waals surface area contributed by atoms with Crippen LogP contribution in [-0.4, -0.2) is 27.5 Å². The largest absolute Gasteiger partial charge is 0.370 e. The molecule has 0 unspecified atom stereocenters. The Labute approximate surface area is 166 Å². The summed E-state index contributed by atoms with van der Waals surface area (Å²) in [5.74, 6) is 0.252. The van der Waals surface area contributed by atoms with Crippen LogP contribution in [0.1, 0.15) is 12.5 Å². The Kier molecular flexibility index (Phi) is 8.87. The molecule has 0 atom stereocenters. The summed E-state index contributed by atoms with van der Waals surface area (Å²) in [5.41, 5.74) is 7.88. The van der Waals surface area contributed by atoms with Gasteiger partial charge in [0.2, 0.25) is 10.0 Å². The van der Waals surface area contributed by atoms with Crippen LogP contribution in [0.2, 0.25) is 0 Å². The first-order valence-corrected chi connectivity index (χ1v) is 9.20. The van der Waals surface area contributed by atoms with Crippen LogP contribution in [0.3, 0.4) is 0 Å². The molecule has 0 fully saturated rings. The number of sulfonamides is 1.